The van der Waals surface area contributed by atoms with Crippen molar-refractivity contribution in [1.29, 1.82) is 0 Å². The molecule has 0 fully saturated rings. The molecule has 6 nitrogen and oxygen atoms in total. The molecule has 0 saturated carbocycles. The standard InChI is InChI=1S/C51H32N6/c1-3-12-42-37(10-1)40-30-41-38-11-2-4-13-44(38)56(46(41)31-43(40)51(42,48-15-5-7-26-53-48)49-16-6-8-27-54-49)35-21-17-33(18-22-35)34-19-23-36(24-20-34)57-45-14-9-28-55-50(45)39-25-29-52-32-47(39)57/h1-32H. The Labute approximate surface area is 328 Å². The second kappa shape index (κ2) is 12.2. The van der Waals surface area contributed by atoms with Crippen molar-refractivity contribution in [3.8, 4) is 33.6 Å². The summed E-state index contributed by atoms with van der Waals surface area (Å²) in [5.74, 6) is 0. The summed E-state index contributed by atoms with van der Waals surface area (Å²) in [5.41, 5.74) is 15.9. The van der Waals surface area contributed by atoms with Crippen LogP contribution in [0.4, 0.5) is 0 Å². The van der Waals surface area contributed by atoms with Crippen molar-refractivity contribution in [1.82, 2.24) is 29.1 Å². The van der Waals surface area contributed by atoms with E-state index in [9.17, 15) is 0 Å². The van der Waals surface area contributed by atoms with E-state index in [1.54, 1.807) is 0 Å². The van der Waals surface area contributed by atoms with Crippen LogP contribution >= 0.6 is 0 Å². The lowest BCUT2D eigenvalue weighted by atomic mass is 9.72. The summed E-state index contributed by atoms with van der Waals surface area (Å²) in [4.78, 5) is 19.2. The summed E-state index contributed by atoms with van der Waals surface area (Å²) in [5, 5.41) is 3.53. The van der Waals surface area contributed by atoms with Crippen molar-refractivity contribution < 1.29 is 0 Å². The quantitative estimate of drug-likeness (QED) is 0.177. The van der Waals surface area contributed by atoms with E-state index >= 15 is 0 Å². The molecule has 1 aliphatic carbocycles. The van der Waals surface area contributed by atoms with Gasteiger partial charge in [-0.15, -0.1) is 0 Å². The van der Waals surface area contributed by atoms with Gasteiger partial charge in [0.1, 0.15) is 5.41 Å². The molecule has 0 spiro atoms. The van der Waals surface area contributed by atoms with E-state index in [-0.39, 0.29) is 0 Å². The van der Waals surface area contributed by atoms with Gasteiger partial charge < -0.3 is 9.13 Å². The maximum absolute atomic E-state index is 5.04. The topological polar surface area (TPSA) is 61.4 Å². The first-order chi connectivity index (χ1) is 28.3. The molecule has 0 saturated heterocycles. The Morgan fingerprint density at radius 1 is 0.386 bits per heavy atom. The number of benzene rings is 5. The maximum Gasteiger partial charge on any atom is 0.106 e. The zero-order chi connectivity index (χ0) is 37.5. The highest BCUT2D eigenvalue weighted by Crippen LogP contribution is 2.56. The predicted octanol–water partition coefficient (Wildman–Crippen LogP) is 11.5. The van der Waals surface area contributed by atoms with E-state index < -0.39 is 5.41 Å². The number of rotatable bonds is 5. The summed E-state index contributed by atoms with van der Waals surface area (Å²) in [6.45, 7) is 0. The smallest absolute Gasteiger partial charge is 0.106 e. The van der Waals surface area contributed by atoms with Crippen LogP contribution in [0.2, 0.25) is 0 Å². The molecule has 6 heterocycles. The number of hydrogen-bond donors (Lipinski definition) is 0. The number of hydrogen-bond acceptors (Lipinski definition) is 4. The second-order valence-electron chi connectivity index (χ2n) is 14.7. The molecule has 6 aromatic heterocycles. The van der Waals surface area contributed by atoms with Crippen LogP contribution in [0.1, 0.15) is 22.5 Å². The highest BCUT2D eigenvalue weighted by molar-refractivity contribution is 6.12. The third-order valence-electron chi connectivity index (χ3n) is 11.8. The minimum Gasteiger partial charge on any atom is -0.309 e. The van der Waals surface area contributed by atoms with E-state index in [0.29, 0.717) is 0 Å². The van der Waals surface area contributed by atoms with Crippen LogP contribution in [0.15, 0.2) is 195 Å². The lowest BCUT2D eigenvalue weighted by molar-refractivity contribution is 0.706. The molecule has 0 aliphatic heterocycles. The van der Waals surface area contributed by atoms with Crippen molar-refractivity contribution in [2.24, 2.45) is 0 Å². The number of fused-ring (bicyclic) bond motifs is 9. The fourth-order valence-corrected chi connectivity index (χ4v) is 9.43. The Kier molecular flexibility index (Phi) is 6.74. The van der Waals surface area contributed by atoms with Crippen LogP contribution in [0.3, 0.4) is 0 Å². The minimum absolute atomic E-state index is 0.688. The molecule has 0 radical (unpaired) electrons. The second-order valence-corrected chi connectivity index (χ2v) is 14.7. The Morgan fingerprint density at radius 3 is 1.74 bits per heavy atom. The SMILES string of the molecule is c1ccc(C2(c3ccccn3)c3ccccc3-c3cc4c5ccccc5n(-c5ccc(-c6ccc(-n7c8cnccc8c8ncccc87)cc6)cc5)c4cc32)nc1. The number of nitrogens with zero attached hydrogens (tertiary/aromatic N) is 6. The summed E-state index contributed by atoms with van der Waals surface area (Å²) in [6.07, 6.45) is 9.38. The van der Waals surface area contributed by atoms with Gasteiger partial charge in [0.25, 0.3) is 0 Å². The van der Waals surface area contributed by atoms with Crippen LogP contribution in [-0.2, 0) is 5.41 Å². The first-order valence-electron chi connectivity index (χ1n) is 19.2. The van der Waals surface area contributed by atoms with Gasteiger partial charge in [0.15, 0.2) is 0 Å². The fraction of sp³-hybridized carbons (Fsp3) is 0.0196. The van der Waals surface area contributed by atoms with Gasteiger partial charge in [-0.05, 0) is 118 Å². The summed E-state index contributed by atoms with van der Waals surface area (Å²) in [7, 11) is 0. The Balaban J connectivity index is 1.01. The molecule has 0 N–H and O–H groups in total. The molecule has 266 valence electrons. The molecule has 12 rings (SSSR count). The molecule has 0 unspecified atom stereocenters. The highest BCUT2D eigenvalue weighted by Gasteiger charge is 2.48. The van der Waals surface area contributed by atoms with E-state index in [2.05, 4.69) is 154 Å². The third kappa shape index (κ3) is 4.46. The van der Waals surface area contributed by atoms with Crippen molar-refractivity contribution in [3.05, 3.63) is 217 Å². The van der Waals surface area contributed by atoms with Crippen molar-refractivity contribution in [2.45, 2.75) is 5.41 Å². The molecule has 11 aromatic rings. The average Bonchev–Trinajstić information content (AvgIpc) is 3.90. The van der Waals surface area contributed by atoms with Gasteiger partial charge in [-0.2, -0.15) is 0 Å². The van der Waals surface area contributed by atoms with Crippen molar-refractivity contribution in [2.75, 3.05) is 0 Å². The molecule has 6 heteroatoms. The molecule has 1 aliphatic rings. The predicted molar refractivity (Wildman–Crippen MR) is 229 cm³/mol. The largest absolute Gasteiger partial charge is 0.309 e. The lowest BCUT2D eigenvalue weighted by Crippen LogP contribution is -2.30. The van der Waals surface area contributed by atoms with Crippen LogP contribution in [0, 0.1) is 0 Å². The van der Waals surface area contributed by atoms with Gasteiger partial charge in [-0.3, -0.25) is 19.9 Å². The molecule has 57 heavy (non-hydrogen) atoms. The summed E-state index contributed by atoms with van der Waals surface area (Å²) < 4.78 is 4.65. The molecular formula is C51H32N6. The number of aromatic nitrogens is 6. The van der Waals surface area contributed by atoms with Gasteiger partial charge in [-0.25, -0.2) is 0 Å². The van der Waals surface area contributed by atoms with Crippen LogP contribution in [-0.4, -0.2) is 29.1 Å². The summed E-state index contributed by atoms with van der Waals surface area (Å²) >= 11 is 0. The first-order valence-corrected chi connectivity index (χ1v) is 19.2. The molecule has 5 aromatic carbocycles. The van der Waals surface area contributed by atoms with E-state index in [0.717, 1.165) is 66.9 Å². The van der Waals surface area contributed by atoms with Gasteiger partial charge in [-0.1, -0.05) is 78.9 Å². The van der Waals surface area contributed by atoms with Crippen LogP contribution < -0.4 is 0 Å². The van der Waals surface area contributed by atoms with Gasteiger partial charge in [0.2, 0.25) is 0 Å². The molecule has 0 amide bonds. The normalized spacial score (nSPS) is 13.1. The molecule has 0 bridgehead atoms. The summed E-state index contributed by atoms with van der Waals surface area (Å²) in [6, 6.07) is 58.6. The maximum atomic E-state index is 5.04. The number of para-hydroxylation sites is 1. The lowest BCUT2D eigenvalue weighted by Gasteiger charge is -2.31. The fourth-order valence-electron chi connectivity index (χ4n) is 9.43. The Hall–Kier alpha value is -7.70. The zero-order valence-electron chi connectivity index (χ0n) is 30.7. The Bertz CT molecular complexity index is 3240. The highest BCUT2D eigenvalue weighted by atomic mass is 15.0. The molecular weight excluding hydrogens is 697 g/mol. The first kappa shape index (κ1) is 31.6. The van der Waals surface area contributed by atoms with Gasteiger partial charge >= 0.3 is 0 Å². The van der Waals surface area contributed by atoms with E-state index in [1.807, 2.05) is 55.2 Å². The monoisotopic (exact) mass is 728 g/mol. The Morgan fingerprint density at radius 2 is 1.02 bits per heavy atom. The number of pyridine rings is 4. The molecule has 0 atom stereocenters. The van der Waals surface area contributed by atoms with Crippen LogP contribution in [0.5, 0.6) is 0 Å². The van der Waals surface area contributed by atoms with E-state index in [4.69, 9.17) is 15.0 Å². The zero-order valence-corrected chi connectivity index (χ0v) is 30.7. The van der Waals surface area contributed by atoms with Crippen LogP contribution in [0.25, 0.3) is 77.4 Å². The van der Waals surface area contributed by atoms with E-state index in [1.165, 1.54) is 33.0 Å². The van der Waals surface area contributed by atoms with Crippen molar-refractivity contribution in [3.63, 3.8) is 0 Å². The van der Waals surface area contributed by atoms with Crippen molar-refractivity contribution >= 4 is 43.7 Å². The minimum atomic E-state index is -0.688. The average molecular weight is 729 g/mol. The third-order valence-corrected chi connectivity index (χ3v) is 11.8. The van der Waals surface area contributed by atoms with Gasteiger partial charge in [0.05, 0.1) is 45.2 Å². The van der Waals surface area contributed by atoms with Gasteiger partial charge in [0, 0.05) is 52.3 Å².